The number of rotatable bonds is 8. The van der Waals surface area contributed by atoms with E-state index in [1.807, 2.05) is 0 Å². The summed E-state index contributed by atoms with van der Waals surface area (Å²) in [5.74, 6) is -1.30. The molecule has 0 spiro atoms. The van der Waals surface area contributed by atoms with E-state index >= 15 is 0 Å². The van der Waals surface area contributed by atoms with Crippen molar-refractivity contribution in [3.05, 3.63) is 21.9 Å². The second-order valence-corrected chi connectivity index (χ2v) is 8.18. The first kappa shape index (κ1) is 18.7. The predicted octanol–water partition coefficient (Wildman–Crippen LogP) is 2.02. The van der Waals surface area contributed by atoms with E-state index in [1.54, 1.807) is 0 Å². The van der Waals surface area contributed by atoms with Gasteiger partial charge in [-0.1, -0.05) is 39.0 Å². The van der Waals surface area contributed by atoms with Crippen LogP contribution in [0.15, 0.2) is 21.9 Å². The Bertz CT molecular complexity index is 688. The average molecular weight is 355 g/mol. The fourth-order valence-corrected chi connectivity index (χ4v) is 4.56. The monoisotopic (exact) mass is 355 g/mol. The van der Waals surface area contributed by atoms with Crippen molar-refractivity contribution in [2.45, 2.75) is 51.9 Å². The molecule has 0 unspecified atom stereocenters. The molecule has 7 heteroatoms. The van der Waals surface area contributed by atoms with Crippen LogP contribution in [0, 0.1) is 0 Å². The Balaban J connectivity index is 2.17. The number of allylic oxidation sites excluding steroid dienone is 2. The molecule has 0 aromatic heterocycles. The van der Waals surface area contributed by atoms with Crippen molar-refractivity contribution in [2.24, 2.45) is 0 Å². The van der Waals surface area contributed by atoms with Gasteiger partial charge in [0, 0.05) is 12.1 Å². The van der Waals surface area contributed by atoms with Crippen LogP contribution in [-0.4, -0.2) is 39.4 Å². The Hall–Kier alpha value is -1.63. The van der Waals surface area contributed by atoms with Crippen molar-refractivity contribution in [1.82, 2.24) is 5.32 Å². The van der Waals surface area contributed by atoms with Crippen LogP contribution < -0.4 is 5.32 Å². The van der Waals surface area contributed by atoms with Gasteiger partial charge in [0.1, 0.15) is 10.6 Å². The number of hydrogen-bond acceptors (Lipinski definition) is 6. The van der Waals surface area contributed by atoms with Gasteiger partial charge in [0.25, 0.3) is 0 Å². The second-order valence-electron chi connectivity index (χ2n) is 6.14. The van der Waals surface area contributed by atoms with Crippen LogP contribution in [0.25, 0.3) is 0 Å². The van der Waals surface area contributed by atoms with E-state index in [4.69, 9.17) is 4.74 Å². The van der Waals surface area contributed by atoms with E-state index in [0.29, 0.717) is 6.42 Å². The van der Waals surface area contributed by atoms with Crippen LogP contribution >= 0.6 is 0 Å². The Morgan fingerprint density at radius 2 is 1.71 bits per heavy atom. The number of carbonyl (C=O) groups is 2. The summed E-state index contributed by atoms with van der Waals surface area (Å²) in [4.78, 5) is 24.8. The first-order valence-electron chi connectivity index (χ1n) is 8.51. The lowest BCUT2D eigenvalue weighted by Gasteiger charge is -2.26. The molecule has 1 heterocycles. The first-order valence-corrected chi connectivity index (χ1v) is 10.2. The van der Waals surface area contributed by atoms with E-state index in [2.05, 4.69) is 12.2 Å². The zero-order chi connectivity index (χ0) is 17.7. The quantitative estimate of drug-likeness (QED) is 0.529. The Labute approximate surface area is 143 Å². The molecule has 6 nitrogen and oxygen atoms in total. The van der Waals surface area contributed by atoms with E-state index in [9.17, 15) is 18.0 Å². The largest absolute Gasteiger partial charge is 0.492 e. The SMILES string of the molecule is CCCCCCCCC1=C(OC)C(=O)C2=C(C1=O)S(=O)(=O)CCN2. The summed E-state index contributed by atoms with van der Waals surface area (Å²) < 4.78 is 29.6. The number of nitrogens with one attached hydrogen (secondary N) is 1. The molecule has 2 aliphatic rings. The lowest BCUT2D eigenvalue weighted by Crippen LogP contribution is -2.41. The van der Waals surface area contributed by atoms with Crippen LogP contribution in [0.1, 0.15) is 51.9 Å². The second kappa shape index (κ2) is 7.96. The third-order valence-electron chi connectivity index (χ3n) is 4.38. The highest BCUT2D eigenvalue weighted by molar-refractivity contribution is 7.96. The summed E-state index contributed by atoms with van der Waals surface area (Å²) >= 11 is 0. The third-order valence-corrected chi connectivity index (χ3v) is 6.14. The van der Waals surface area contributed by atoms with Gasteiger partial charge in [-0.05, 0) is 12.8 Å². The van der Waals surface area contributed by atoms with E-state index in [-0.39, 0.29) is 34.2 Å². The fraction of sp³-hybridized carbons (Fsp3) is 0.647. The van der Waals surface area contributed by atoms with Gasteiger partial charge in [0.2, 0.25) is 11.6 Å². The number of unbranched alkanes of at least 4 members (excludes halogenated alkanes) is 5. The molecule has 0 fully saturated rings. The minimum absolute atomic E-state index is 0.0168. The summed E-state index contributed by atoms with van der Waals surface area (Å²) in [5, 5.41) is 2.75. The van der Waals surface area contributed by atoms with E-state index < -0.39 is 21.4 Å². The summed E-state index contributed by atoms with van der Waals surface area (Å²) in [7, 11) is -2.38. The highest BCUT2D eigenvalue weighted by Gasteiger charge is 2.43. The smallest absolute Gasteiger partial charge is 0.245 e. The molecule has 1 N–H and O–H groups in total. The minimum atomic E-state index is -3.72. The van der Waals surface area contributed by atoms with Gasteiger partial charge in [0.05, 0.1) is 12.9 Å². The van der Waals surface area contributed by atoms with Crippen LogP contribution in [-0.2, 0) is 24.2 Å². The van der Waals surface area contributed by atoms with Gasteiger partial charge < -0.3 is 10.1 Å². The average Bonchev–Trinajstić information content (AvgIpc) is 2.54. The van der Waals surface area contributed by atoms with Gasteiger partial charge in [0.15, 0.2) is 15.6 Å². The molecule has 24 heavy (non-hydrogen) atoms. The molecule has 1 aliphatic heterocycles. The van der Waals surface area contributed by atoms with Gasteiger partial charge in [-0.25, -0.2) is 8.42 Å². The van der Waals surface area contributed by atoms with Crippen LogP contribution in [0.3, 0.4) is 0 Å². The van der Waals surface area contributed by atoms with Crippen molar-refractivity contribution in [3.8, 4) is 0 Å². The summed E-state index contributed by atoms with van der Waals surface area (Å²) in [6.07, 6.45) is 6.61. The lowest BCUT2D eigenvalue weighted by molar-refractivity contribution is -0.119. The summed E-state index contributed by atoms with van der Waals surface area (Å²) in [6, 6.07) is 0. The molecule has 1 aliphatic carbocycles. The number of Topliss-reactive ketones (excluding diaryl/α,β-unsaturated/α-hetero) is 2. The van der Waals surface area contributed by atoms with Gasteiger partial charge in [-0.2, -0.15) is 0 Å². The molecule has 0 aromatic rings. The lowest BCUT2D eigenvalue weighted by atomic mass is 9.93. The van der Waals surface area contributed by atoms with Crippen LogP contribution in [0.2, 0.25) is 0 Å². The van der Waals surface area contributed by atoms with E-state index in [1.165, 1.54) is 13.5 Å². The molecule has 0 atom stereocenters. The summed E-state index contributed by atoms with van der Waals surface area (Å²) in [5.41, 5.74) is 0.0683. The zero-order valence-corrected chi connectivity index (χ0v) is 15.1. The van der Waals surface area contributed by atoms with Crippen molar-refractivity contribution in [1.29, 1.82) is 0 Å². The predicted molar refractivity (Wildman–Crippen MR) is 90.9 cm³/mol. The van der Waals surface area contributed by atoms with E-state index in [0.717, 1.165) is 32.1 Å². The molecule has 2 rings (SSSR count). The normalized spacial score (nSPS) is 20.1. The Kier molecular flexibility index (Phi) is 6.21. The van der Waals surface area contributed by atoms with Crippen molar-refractivity contribution in [3.63, 3.8) is 0 Å². The van der Waals surface area contributed by atoms with Crippen molar-refractivity contribution < 1.29 is 22.7 Å². The molecular weight excluding hydrogens is 330 g/mol. The van der Waals surface area contributed by atoms with Gasteiger partial charge in [-0.3, -0.25) is 9.59 Å². The van der Waals surface area contributed by atoms with Crippen molar-refractivity contribution in [2.75, 3.05) is 19.4 Å². The Morgan fingerprint density at radius 1 is 1.04 bits per heavy atom. The molecule has 0 aromatic carbocycles. The van der Waals surface area contributed by atoms with Crippen LogP contribution in [0.4, 0.5) is 0 Å². The maximum absolute atomic E-state index is 12.7. The number of sulfone groups is 1. The number of hydrogen-bond donors (Lipinski definition) is 1. The summed E-state index contributed by atoms with van der Waals surface area (Å²) in [6.45, 7) is 2.27. The molecule has 134 valence electrons. The standard InChI is InChI=1S/C17H25NO5S/c1-3-4-5-6-7-8-9-12-14(19)17-13(15(20)16(12)23-2)18-10-11-24(17,21)22/h18H,3-11H2,1-2H3. The maximum atomic E-state index is 12.7. The zero-order valence-electron chi connectivity index (χ0n) is 14.3. The molecule has 0 radical (unpaired) electrons. The molecule has 0 saturated carbocycles. The van der Waals surface area contributed by atoms with Gasteiger partial charge in [-0.15, -0.1) is 0 Å². The van der Waals surface area contributed by atoms with Crippen molar-refractivity contribution >= 4 is 21.4 Å². The maximum Gasteiger partial charge on any atom is 0.245 e. The Morgan fingerprint density at radius 3 is 2.38 bits per heavy atom. The minimum Gasteiger partial charge on any atom is -0.492 e. The number of ether oxygens (including phenoxy) is 1. The van der Waals surface area contributed by atoms with Gasteiger partial charge >= 0.3 is 0 Å². The highest BCUT2D eigenvalue weighted by atomic mass is 32.2. The highest BCUT2D eigenvalue weighted by Crippen LogP contribution is 2.32. The molecule has 0 amide bonds. The third kappa shape index (κ3) is 3.71. The van der Waals surface area contributed by atoms with Crippen LogP contribution in [0.5, 0.6) is 0 Å². The fourth-order valence-electron chi connectivity index (χ4n) is 3.10. The number of ketones is 2. The molecular formula is C17H25NO5S. The molecule has 0 bridgehead atoms. The first-order chi connectivity index (χ1) is 11.4. The topological polar surface area (TPSA) is 89.5 Å². The number of carbonyl (C=O) groups excluding carboxylic acids is 2. The molecule has 0 saturated heterocycles. The number of methoxy groups -OCH3 is 1.